The molecule has 1 unspecified atom stereocenters. The molecule has 1 aliphatic heterocycles. The molecule has 2 N–H and O–H groups in total. The number of aromatic nitrogens is 2. The van der Waals surface area contributed by atoms with Crippen LogP contribution in [0.4, 0.5) is 5.82 Å². The van der Waals surface area contributed by atoms with E-state index in [4.69, 9.17) is 4.74 Å². The van der Waals surface area contributed by atoms with Gasteiger partial charge < -0.3 is 15.4 Å². The van der Waals surface area contributed by atoms with Crippen LogP contribution in [-0.4, -0.2) is 36.2 Å². The molecule has 0 amide bonds. The molecular formula is C14H24N4O. The van der Waals surface area contributed by atoms with Gasteiger partial charge in [0.1, 0.15) is 12.1 Å². The van der Waals surface area contributed by atoms with Gasteiger partial charge in [-0.25, -0.2) is 9.97 Å². The van der Waals surface area contributed by atoms with Gasteiger partial charge in [0.25, 0.3) is 0 Å². The van der Waals surface area contributed by atoms with Crippen LogP contribution in [0.3, 0.4) is 0 Å². The zero-order valence-corrected chi connectivity index (χ0v) is 11.7. The highest BCUT2D eigenvalue weighted by atomic mass is 16.5. The van der Waals surface area contributed by atoms with Crippen LogP contribution in [-0.2, 0) is 0 Å². The molecule has 1 atom stereocenters. The van der Waals surface area contributed by atoms with Crippen LogP contribution in [0.25, 0.3) is 0 Å². The maximum absolute atomic E-state index is 5.49. The summed E-state index contributed by atoms with van der Waals surface area (Å²) in [6, 6.07) is 1.87. The summed E-state index contributed by atoms with van der Waals surface area (Å²) in [5, 5.41) is 6.79. The minimum absolute atomic E-state index is 0.652. The number of piperidine rings is 1. The Morgan fingerprint density at radius 2 is 2.42 bits per heavy atom. The lowest BCUT2D eigenvalue weighted by molar-refractivity contribution is 0.305. The highest BCUT2D eigenvalue weighted by molar-refractivity contribution is 5.36. The number of ether oxygens (including phenoxy) is 1. The van der Waals surface area contributed by atoms with Crippen molar-refractivity contribution in [1.29, 1.82) is 0 Å². The van der Waals surface area contributed by atoms with E-state index in [-0.39, 0.29) is 0 Å². The van der Waals surface area contributed by atoms with Gasteiger partial charge in [-0.15, -0.1) is 0 Å². The summed E-state index contributed by atoms with van der Waals surface area (Å²) in [6.07, 6.45) is 6.36. The Bertz CT molecular complexity index is 366. The van der Waals surface area contributed by atoms with E-state index in [1.165, 1.54) is 25.8 Å². The summed E-state index contributed by atoms with van der Waals surface area (Å²) in [5.74, 6) is 2.29. The van der Waals surface area contributed by atoms with Crippen LogP contribution in [0.15, 0.2) is 12.4 Å². The van der Waals surface area contributed by atoms with Gasteiger partial charge in [0.15, 0.2) is 0 Å². The van der Waals surface area contributed by atoms with Crippen molar-refractivity contribution in [2.24, 2.45) is 5.92 Å². The average molecular weight is 264 g/mol. The second kappa shape index (κ2) is 7.94. The first-order chi connectivity index (χ1) is 9.38. The molecule has 5 heteroatoms. The molecule has 2 heterocycles. The van der Waals surface area contributed by atoms with Gasteiger partial charge in [-0.05, 0) is 44.7 Å². The van der Waals surface area contributed by atoms with Gasteiger partial charge in [0.2, 0.25) is 5.88 Å². The van der Waals surface area contributed by atoms with E-state index in [9.17, 15) is 0 Å². The van der Waals surface area contributed by atoms with Gasteiger partial charge in [-0.2, -0.15) is 0 Å². The molecule has 1 aromatic rings. The van der Waals surface area contributed by atoms with Crippen LogP contribution < -0.4 is 15.4 Å². The summed E-state index contributed by atoms with van der Waals surface area (Å²) >= 11 is 0. The maximum Gasteiger partial charge on any atom is 0.218 e. The monoisotopic (exact) mass is 264 g/mol. The predicted molar refractivity (Wildman–Crippen MR) is 76.5 cm³/mol. The highest BCUT2D eigenvalue weighted by Crippen LogP contribution is 2.15. The number of nitrogens with zero attached hydrogens (tertiary/aromatic N) is 2. The van der Waals surface area contributed by atoms with E-state index in [0.717, 1.165) is 31.2 Å². The zero-order chi connectivity index (χ0) is 13.3. The zero-order valence-electron chi connectivity index (χ0n) is 11.7. The molecule has 0 saturated carbocycles. The standard InChI is InChI=1S/C14H24N4O/c1-2-8-19-14-9-13(17-11-18-14)16-7-5-12-4-3-6-15-10-12/h9,11-12,15H,2-8,10H2,1H3,(H,16,17,18). The van der Waals surface area contributed by atoms with Crippen molar-refractivity contribution >= 4 is 5.82 Å². The van der Waals surface area contributed by atoms with Crippen molar-refractivity contribution in [1.82, 2.24) is 15.3 Å². The average Bonchev–Trinajstić information content (AvgIpc) is 2.47. The molecule has 0 aromatic carbocycles. The second-order valence-electron chi connectivity index (χ2n) is 5.02. The molecule has 5 nitrogen and oxygen atoms in total. The van der Waals surface area contributed by atoms with Gasteiger partial charge in [0, 0.05) is 12.6 Å². The summed E-state index contributed by atoms with van der Waals surface area (Å²) < 4.78 is 5.49. The van der Waals surface area contributed by atoms with Gasteiger partial charge in [-0.1, -0.05) is 6.92 Å². The summed E-state index contributed by atoms with van der Waals surface area (Å²) in [5.41, 5.74) is 0. The minimum Gasteiger partial charge on any atom is -0.478 e. The Morgan fingerprint density at radius 3 is 3.21 bits per heavy atom. The second-order valence-corrected chi connectivity index (χ2v) is 5.02. The first-order valence-corrected chi connectivity index (χ1v) is 7.28. The van der Waals surface area contributed by atoms with Crippen molar-refractivity contribution < 1.29 is 4.74 Å². The first-order valence-electron chi connectivity index (χ1n) is 7.28. The van der Waals surface area contributed by atoms with E-state index in [2.05, 4.69) is 27.5 Å². The summed E-state index contributed by atoms with van der Waals surface area (Å²) in [4.78, 5) is 8.30. The molecular weight excluding hydrogens is 240 g/mol. The summed E-state index contributed by atoms with van der Waals surface area (Å²) in [6.45, 7) is 6.06. The van der Waals surface area contributed by atoms with Gasteiger partial charge in [0.05, 0.1) is 6.61 Å². The Balaban J connectivity index is 1.72. The fraction of sp³-hybridized carbons (Fsp3) is 0.714. The smallest absolute Gasteiger partial charge is 0.218 e. The Morgan fingerprint density at radius 1 is 1.47 bits per heavy atom. The molecule has 1 aliphatic rings. The van der Waals surface area contributed by atoms with E-state index in [0.29, 0.717) is 12.5 Å². The largest absolute Gasteiger partial charge is 0.478 e. The third kappa shape index (κ3) is 5.03. The number of nitrogens with one attached hydrogen (secondary N) is 2. The minimum atomic E-state index is 0.652. The number of hydrogen-bond acceptors (Lipinski definition) is 5. The van der Waals surface area contributed by atoms with Crippen molar-refractivity contribution in [3.63, 3.8) is 0 Å². The van der Waals surface area contributed by atoms with Crippen molar-refractivity contribution in [2.75, 3.05) is 31.6 Å². The fourth-order valence-corrected chi connectivity index (χ4v) is 2.30. The lowest BCUT2D eigenvalue weighted by atomic mass is 9.96. The molecule has 1 fully saturated rings. The normalized spacial score (nSPS) is 19.1. The van der Waals surface area contributed by atoms with Gasteiger partial charge >= 0.3 is 0 Å². The first kappa shape index (κ1) is 14.1. The molecule has 1 saturated heterocycles. The predicted octanol–water partition coefficient (Wildman–Crippen LogP) is 2.07. The third-order valence-corrected chi connectivity index (χ3v) is 3.35. The fourth-order valence-electron chi connectivity index (χ4n) is 2.30. The van der Waals surface area contributed by atoms with Crippen molar-refractivity contribution in [2.45, 2.75) is 32.6 Å². The van der Waals surface area contributed by atoms with E-state index in [1.54, 1.807) is 6.33 Å². The van der Waals surface area contributed by atoms with E-state index < -0.39 is 0 Å². The van der Waals surface area contributed by atoms with Crippen LogP contribution in [0.2, 0.25) is 0 Å². The SMILES string of the molecule is CCCOc1cc(NCCC2CCCNC2)ncn1. The maximum atomic E-state index is 5.49. The Kier molecular flexibility index (Phi) is 5.88. The van der Waals surface area contributed by atoms with Crippen molar-refractivity contribution in [3.05, 3.63) is 12.4 Å². The van der Waals surface area contributed by atoms with Crippen LogP contribution in [0, 0.1) is 5.92 Å². The molecule has 0 bridgehead atoms. The molecule has 0 spiro atoms. The lowest BCUT2D eigenvalue weighted by Gasteiger charge is -2.22. The van der Waals surface area contributed by atoms with E-state index >= 15 is 0 Å². The molecule has 19 heavy (non-hydrogen) atoms. The quantitative estimate of drug-likeness (QED) is 0.789. The van der Waals surface area contributed by atoms with Crippen molar-refractivity contribution in [3.8, 4) is 5.88 Å². The third-order valence-electron chi connectivity index (χ3n) is 3.35. The van der Waals surface area contributed by atoms with Gasteiger partial charge in [-0.3, -0.25) is 0 Å². The molecule has 0 radical (unpaired) electrons. The number of rotatable bonds is 7. The molecule has 106 valence electrons. The molecule has 0 aliphatic carbocycles. The Hall–Kier alpha value is -1.36. The van der Waals surface area contributed by atoms with Crippen LogP contribution in [0.1, 0.15) is 32.6 Å². The summed E-state index contributed by atoms with van der Waals surface area (Å²) in [7, 11) is 0. The lowest BCUT2D eigenvalue weighted by Crippen LogP contribution is -2.30. The highest BCUT2D eigenvalue weighted by Gasteiger charge is 2.12. The number of hydrogen-bond donors (Lipinski definition) is 2. The molecule has 1 aromatic heterocycles. The number of anilines is 1. The molecule has 2 rings (SSSR count). The van der Waals surface area contributed by atoms with E-state index in [1.807, 2.05) is 6.07 Å². The topological polar surface area (TPSA) is 59.1 Å². The van der Waals surface area contributed by atoms with Crippen LogP contribution >= 0.6 is 0 Å². The van der Waals surface area contributed by atoms with Crippen LogP contribution in [0.5, 0.6) is 5.88 Å². The Labute approximate surface area is 115 Å².